The second kappa shape index (κ2) is 4.85. The second-order valence-corrected chi connectivity index (χ2v) is 3.93. The van der Waals surface area contributed by atoms with Crippen LogP contribution in [0.1, 0.15) is 13.3 Å². The second-order valence-electron chi connectivity index (χ2n) is 2.34. The van der Waals surface area contributed by atoms with Crippen LogP contribution in [0.4, 0.5) is 0 Å². The van der Waals surface area contributed by atoms with Gasteiger partial charge in [0, 0.05) is 6.61 Å². The Bertz CT molecular complexity index is 140. The Morgan fingerprint density at radius 2 is 2.09 bits per heavy atom. The van der Waals surface area contributed by atoms with Crippen LogP contribution in [0.2, 0.25) is 0 Å². The lowest BCUT2D eigenvalue weighted by Gasteiger charge is -2.06. The molecule has 0 saturated heterocycles. The van der Waals surface area contributed by atoms with Gasteiger partial charge in [-0.25, -0.2) is 0 Å². The largest absolute Gasteiger partial charge is 0.393 e. The van der Waals surface area contributed by atoms with Gasteiger partial charge in [-0.2, -0.15) is 0 Å². The summed E-state index contributed by atoms with van der Waals surface area (Å²) in [5.74, 6) is 0. The van der Waals surface area contributed by atoms with Gasteiger partial charge in [0.15, 0.2) is 0 Å². The number of aliphatic hydroxyl groups excluding tert-OH is 1. The first-order valence-electron chi connectivity index (χ1n) is 3.22. The minimum Gasteiger partial charge on any atom is -0.393 e. The van der Waals surface area contributed by atoms with Gasteiger partial charge in [0.05, 0.1) is 6.10 Å². The summed E-state index contributed by atoms with van der Waals surface area (Å²) in [4.78, 5) is 16.6. The molecule has 0 saturated carbocycles. The third-order valence-corrected chi connectivity index (χ3v) is 1.46. The van der Waals surface area contributed by atoms with Crippen LogP contribution in [-0.4, -0.2) is 34.0 Å². The zero-order valence-corrected chi connectivity index (χ0v) is 7.20. The summed E-state index contributed by atoms with van der Waals surface area (Å²) in [6, 6.07) is 0. The molecule has 0 aliphatic carbocycles. The van der Waals surface area contributed by atoms with Crippen molar-refractivity contribution >= 4 is 7.60 Å². The Hall–Kier alpha value is 0.0700. The number of aliphatic hydroxyl groups is 1. The maximum absolute atomic E-state index is 10.2. The van der Waals surface area contributed by atoms with Gasteiger partial charge in [0.1, 0.15) is 6.35 Å². The zero-order chi connectivity index (χ0) is 8.91. The highest BCUT2D eigenvalue weighted by Gasteiger charge is 2.12. The van der Waals surface area contributed by atoms with Crippen LogP contribution in [0, 0.1) is 0 Å². The topological polar surface area (TPSA) is 87.0 Å². The summed E-state index contributed by atoms with van der Waals surface area (Å²) in [5, 5.41) is 8.71. The molecule has 0 rings (SSSR count). The lowest BCUT2D eigenvalue weighted by Crippen LogP contribution is -2.06. The van der Waals surface area contributed by atoms with Gasteiger partial charge in [-0.1, -0.05) is 0 Å². The molecule has 0 spiro atoms. The zero-order valence-electron chi connectivity index (χ0n) is 6.30. The van der Waals surface area contributed by atoms with E-state index < -0.39 is 20.0 Å². The van der Waals surface area contributed by atoms with Crippen molar-refractivity contribution in [2.24, 2.45) is 0 Å². The van der Waals surface area contributed by atoms with E-state index in [0.29, 0.717) is 6.42 Å². The SMILES string of the molecule is CC(O)CCOCP(=O)(O)O. The molecule has 3 N–H and O–H groups in total. The van der Waals surface area contributed by atoms with Crippen LogP contribution in [0.3, 0.4) is 0 Å². The predicted octanol–water partition coefficient (Wildman–Crippen LogP) is -0.0909. The van der Waals surface area contributed by atoms with E-state index in [2.05, 4.69) is 4.74 Å². The first kappa shape index (κ1) is 11.1. The molecule has 11 heavy (non-hydrogen) atoms. The van der Waals surface area contributed by atoms with E-state index in [1.807, 2.05) is 0 Å². The third kappa shape index (κ3) is 10.1. The van der Waals surface area contributed by atoms with Gasteiger partial charge in [0.25, 0.3) is 0 Å². The number of hydrogen-bond acceptors (Lipinski definition) is 3. The Morgan fingerprint density at radius 3 is 2.45 bits per heavy atom. The lowest BCUT2D eigenvalue weighted by atomic mass is 10.3. The molecule has 68 valence electrons. The van der Waals surface area contributed by atoms with Crippen LogP contribution in [-0.2, 0) is 9.30 Å². The molecular formula is C5H13O5P. The van der Waals surface area contributed by atoms with Crippen molar-refractivity contribution in [3.8, 4) is 0 Å². The number of ether oxygens (including phenoxy) is 1. The van der Waals surface area contributed by atoms with Gasteiger partial charge in [-0.3, -0.25) is 4.57 Å². The number of hydrogen-bond donors (Lipinski definition) is 3. The maximum Gasteiger partial charge on any atom is 0.350 e. The van der Waals surface area contributed by atoms with E-state index in [4.69, 9.17) is 14.9 Å². The summed E-state index contributed by atoms with van der Waals surface area (Å²) in [6.07, 6.45) is -0.675. The summed E-state index contributed by atoms with van der Waals surface area (Å²) in [7, 11) is -4.03. The van der Waals surface area contributed by atoms with Gasteiger partial charge < -0.3 is 19.6 Å². The van der Waals surface area contributed by atoms with Crippen molar-refractivity contribution in [2.45, 2.75) is 19.4 Å². The molecule has 0 bridgehead atoms. The van der Waals surface area contributed by atoms with Gasteiger partial charge >= 0.3 is 7.60 Å². The molecule has 1 atom stereocenters. The smallest absolute Gasteiger partial charge is 0.350 e. The highest BCUT2D eigenvalue weighted by Crippen LogP contribution is 2.33. The van der Waals surface area contributed by atoms with Crippen LogP contribution in [0.25, 0.3) is 0 Å². The molecule has 5 nitrogen and oxygen atoms in total. The molecule has 1 unspecified atom stereocenters. The quantitative estimate of drug-likeness (QED) is 0.410. The van der Waals surface area contributed by atoms with Crippen molar-refractivity contribution in [1.82, 2.24) is 0 Å². The molecule has 0 aromatic rings. The van der Waals surface area contributed by atoms with Gasteiger partial charge in [-0.15, -0.1) is 0 Å². The summed E-state index contributed by atoms with van der Waals surface area (Å²) in [5.41, 5.74) is 0. The molecule has 0 radical (unpaired) electrons. The van der Waals surface area contributed by atoms with Crippen molar-refractivity contribution in [1.29, 1.82) is 0 Å². The van der Waals surface area contributed by atoms with Crippen LogP contribution in [0.15, 0.2) is 0 Å². The fourth-order valence-corrected chi connectivity index (χ4v) is 0.804. The van der Waals surface area contributed by atoms with E-state index in [1.165, 1.54) is 0 Å². The number of rotatable bonds is 5. The molecule has 0 aliphatic rings. The average molecular weight is 184 g/mol. The molecule has 6 heteroatoms. The minimum absolute atomic E-state index is 0.169. The van der Waals surface area contributed by atoms with Crippen LogP contribution in [0.5, 0.6) is 0 Å². The molecule has 0 aromatic carbocycles. The highest BCUT2D eigenvalue weighted by atomic mass is 31.2. The van der Waals surface area contributed by atoms with Crippen molar-refractivity contribution in [3.63, 3.8) is 0 Å². The Morgan fingerprint density at radius 1 is 1.55 bits per heavy atom. The van der Waals surface area contributed by atoms with Crippen LogP contribution < -0.4 is 0 Å². The Kier molecular flexibility index (Phi) is 4.88. The highest BCUT2D eigenvalue weighted by molar-refractivity contribution is 7.51. The third-order valence-electron chi connectivity index (χ3n) is 0.939. The first-order valence-corrected chi connectivity index (χ1v) is 5.02. The monoisotopic (exact) mass is 184 g/mol. The summed E-state index contributed by atoms with van der Waals surface area (Å²) in [6.45, 7) is 1.75. The molecule has 0 heterocycles. The minimum atomic E-state index is -4.03. The van der Waals surface area contributed by atoms with Crippen molar-refractivity contribution in [2.75, 3.05) is 13.0 Å². The van der Waals surface area contributed by atoms with E-state index in [1.54, 1.807) is 6.92 Å². The van der Waals surface area contributed by atoms with Gasteiger partial charge in [0.2, 0.25) is 0 Å². The molecular weight excluding hydrogens is 171 g/mol. The van der Waals surface area contributed by atoms with E-state index >= 15 is 0 Å². The Balaban J connectivity index is 3.22. The fourth-order valence-electron chi connectivity index (χ4n) is 0.437. The molecule has 0 fully saturated rings. The maximum atomic E-state index is 10.2. The van der Waals surface area contributed by atoms with Crippen molar-refractivity contribution in [3.05, 3.63) is 0 Å². The van der Waals surface area contributed by atoms with E-state index in [9.17, 15) is 4.57 Å². The lowest BCUT2D eigenvalue weighted by molar-refractivity contribution is 0.104. The molecule has 0 aromatic heterocycles. The standard InChI is InChI=1S/C5H13O5P/c1-5(6)2-3-10-4-11(7,8)9/h5-6H,2-4H2,1H3,(H2,7,8,9). The van der Waals surface area contributed by atoms with Crippen molar-refractivity contribution < 1.29 is 24.2 Å². The van der Waals surface area contributed by atoms with E-state index in [0.717, 1.165) is 0 Å². The fraction of sp³-hybridized carbons (Fsp3) is 1.00. The molecule has 0 amide bonds. The molecule has 0 aliphatic heterocycles. The van der Waals surface area contributed by atoms with E-state index in [-0.39, 0.29) is 6.61 Å². The summed E-state index contributed by atoms with van der Waals surface area (Å²) >= 11 is 0. The predicted molar refractivity (Wildman–Crippen MR) is 39.2 cm³/mol. The van der Waals surface area contributed by atoms with Gasteiger partial charge in [-0.05, 0) is 13.3 Å². The first-order chi connectivity index (χ1) is 4.92. The average Bonchev–Trinajstić information content (AvgIpc) is 1.78. The normalized spacial score (nSPS) is 14.9. The van der Waals surface area contributed by atoms with Crippen LogP contribution >= 0.6 is 7.60 Å². The summed E-state index contributed by atoms with van der Waals surface area (Å²) < 4.78 is 14.8. The Labute approximate surface area is 65.2 Å².